The van der Waals surface area contributed by atoms with E-state index in [1.54, 1.807) is 18.3 Å². The predicted octanol–water partition coefficient (Wildman–Crippen LogP) is 0.160. The number of amides is 1. The molecule has 0 spiro atoms. The molecule has 6 nitrogen and oxygen atoms in total. The van der Waals surface area contributed by atoms with Crippen molar-refractivity contribution in [3.8, 4) is 5.75 Å². The number of hydrogen-bond donors (Lipinski definition) is 2. The van der Waals surface area contributed by atoms with Crippen molar-refractivity contribution in [2.24, 2.45) is 0 Å². The maximum atomic E-state index is 11.9. The molecular formula is C12H15N3O3. The summed E-state index contributed by atoms with van der Waals surface area (Å²) in [4.78, 5) is 15.9. The lowest BCUT2D eigenvalue weighted by atomic mass is 10.1. The van der Waals surface area contributed by atoms with Crippen molar-refractivity contribution in [3.63, 3.8) is 0 Å². The van der Waals surface area contributed by atoms with Crippen molar-refractivity contribution in [3.05, 3.63) is 18.3 Å². The van der Waals surface area contributed by atoms with E-state index >= 15 is 0 Å². The van der Waals surface area contributed by atoms with Gasteiger partial charge in [-0.3, -0.25) is 4.79 Å². The van der Waals surface area contributed by atoms with Crippen LogP contribution < -0.4 is 15.4 Å². The van der Waals surface area contributed by atoms with Gasteiger partial charge in [0.25, 0.3) is 5.91 Å². The predicted molar refractivity (Wildman–Crippen MR) is 64.5 cm³/mol. The first kappa shape index (κ1) is 11.4. The maximum Gasteiger partial charge on any atom is 0.266 e. The summed E-state index contributed by atoms with van der Waals surface area (Å²) in [5.41, 5.74) is 0. The van der Waals surface area contributed by atoms with Gasteiger partial charge in [-0.1, -0.05) is 0 Å². The van der Waals surface area contributed by atoms with Crippen LogP contribution in [0.25, 0.3) is 0 Å². The number of hydrogen-bond acceptors (Lipinski definition) is 5. The van der Waals surface area contributed by atoms with Crippen LogP contribution in [0, 0.1) is 0 Å². The van der Waals surface area contributed by atoms with Crippen molar-refractivity contribution in [2.45, 2.75) is 18.6 Å². The summed E-state index contributed by atoms with van der Waals surface area (Å²) in [6.45, 7) is 2.30. The first-order valence-electron chi connectivity index (χ1n) is 6.08. The van der Waals surface area contributed by atoms with Gasteiger partial charge in [0.2, 0.25) is 0 Å². The van der Waals surface area contributed by atoms with E-state index in [1.807, 2.05) is 0 Å². The zero-order valence-electron chi connectivity index (χ0n) is 9.89. The van der Waals surface area contributed by atoms with Gasteiger partial charge in [-0.25, -0.2) is 4.98 Å². The number of ether oxygens (including phenoxy) is 2. The smallest absolute Gasteiger partial charge is 0.266 e. The van der Waals surface area contributed by atoms with Crippen molar-refractivity contribution in [1.82, 2.24) is 10.3 Å². The number of nitrogens with one attached hydrogen (secondary N) is 2. The number of morpholine rings is 1. The van der Waals surface area contributed by atoms with Gasteiger partial charge in [-0.05, 0) is 12.1 Å². The molecule has 2 atom stereocenters. The highest BCUT2D eigenvalue weighted by molar-refractivity contribution is 5.96. The number of aromatic nitrogens is 1. The minimum Gasteiger partial charge on any atom is -0.477 e. The van der Waals surface area contributed by atoms with E-state index in [1.165, 1.54) is 0 Å². The Hall–Kier alpha value is -1.66. The third kappa shape index (κ3) is 2.30. The lowest BCUT2D eigenvalue weighted by Gasteiger charge is -2.30. The fourth-order valence-corrected chi connectivity index (χ4v) is 2.15. The zero-order chi connectivity index (χ0) is 12.4. The summed E-state index contributed by atoms with van der Waals surface area (Å²) in [6.07, 6.45) is 1.68. The molecule has 3 rings (SSSR count). The molecule has 96 valence electrons. The highest BCUT2D eigenvalue weighted by Crippen LogP contribution is 2.28. The molecule has 2 unspecified atom stereocenters. The second-order valence-corrected chi connectivity index (χ2v) is 4.38. The van der Waals surface area contributed by atoms with Crippen molar-refractivity contribution in [2.75, 3.05) is 25.0 Å². The number of fused-ring (bicyclic) bond motifs is 1. The molecule has 18 heavy (non-hydrogen) atoms. The van der Waals surface area contributed by atoms with Crippen LogP contribution in [-0.4, -0.2) is 42.8 Å². The highest BCUT2D eigenvalue weighted by atomic mass is 16.5. The van der Waals surface area contributed by atoms with Crippen LogP contribution in [0.4, 0.5) is 5.82 Å². The molecule has 1 aromatic heterocycles. The van der Waals surface area contributed by atoms with Crippen LogP contribution in [0.1, 0.15) is 6.42 Å². The normalized spacial score (nSPS) is 27.0. The van der Waals surface area contributed by atoms with Crippen LogP contribution in [-0.2, 0) is 9.53 Å². The zero-order valence-corrected chi connectivity index (χ0v) is 9.89. The van der Waals surface area contributed by atoms with Gasteiger partial charge in [0.1, 0.15) is 0 Å². The summed E-state index contributed by atoms with van der Waals surface area (Å²) < 4.78 is 11.2. The number of anilines is 1. The second kappa shape index (κ2) is 4.91. The van der Waals surface area contributed by atoms with Crippen molar-refractivity contribution in [1.29, 1.82) is 0 Å². The molecular weight excluding hydrogens is 234 g/mol. The summed E-state index contributed by atoms with van der Waals surface area (Å²) in [5, 5.41) is 5.98. The second-order valence-electron chi connectivity index (χ2n) is 4.38. The lowest BCUT2D eigenvalue weighted by Crippen LogP contribution is -2.45. The largest absolute Gasteiger partial charge is 0.477 e. The van der Waals surface area contributed by atoms with Crippen LogP contribution >= 0.6 is 0 Å². The Morgan fingerprint density at radius 2 is 2.44 bits per heavy atom. The van der Waals surface area contributed by atoms with Crippen LogP contribution in [0.3, 0.4) is 0 Å². The van der Waals surface area contributed by atoms with E-state index in [-0.39, 0.29) is 12.0 Å². The molecule has 0 radical (unpaired) electrons. The van der Waals surface area contributed by atoms with Crippen LogP contribution in [0.15, 0.2) is 18.3 Å². The van der Waals surface area contributed by atoms with E-state index in [0.29, 0.717) is 24.6 Å². The Morgan fingerprint density at radius 3 is 3.28 bits per heavy atom. The molecule has 0 bridgehead atoms. The van der Waals surface area contributed by atoms with Crippen LogP contribution in [0.2, 0.25) is 0 Å². The molecule has 1 saturated heterocycles. The Kier molecular flexibility index (Phi) is 3.12. The average molecular weight is 249 g/mol. The molecule has 3 heterocycles. The Bertz CT molecular complexity index is 446. The molecule has 6 heteroatoms. The highest BCUT2D eigenvalue weighted by Gasteiger charge is 2.31. The molecule has 0 saturated carbocycles. The number of pyridine rings is 1. The minimum absolute atomic E-state index is 0.0210. The first-order valence-corrected chi connectivity index (χ1v) is 6.08. The van der Waals surface area contributed by atoms with Crippen molar-refractivity contribution >= 4 is 11.7 Å². The third-order valence-electron chi connectivity index (χ3n) is 3.06. The first-order chi connectivity index (χ1) is 8.83. The molecule has 0 aliphatic carbocycles. The Balaban J connectivity index is 1.68. The molecule has 2 aliphatic heterocycles. The van der Waals surface area contributed by atoms with Gasteiger partial charge in [0.05, 0.1) is 12.7 Å². The average Bonchev–Trinajstić information content (AvgIpc) is 2.41. The number of carbonyl (C=O) groups is 1. The monoisotopic (exact) mass is 249 g/mol. The molecule has 0 aromatic carbocycles. The van der Waals surface area contributed by atoms with E-state index in [9.17, 15) is 4.79 Å². The standard InChI is InChI=1S/C12H15N3O3/c16-12-10(6-8-7-13-4-5-17-8)18-9-2-1-3-14-11(9)15-12/h1-3,8,10,13H,4-7H2,(H,14,15,16). The molecule has 1 amide bonds. The third-order valence-corrected chi connectivity index (χ3v) is 3.06. The summed E-state index contributed by atoms with van der Waals surface area (Å²) in [6, 6.07) is 3.58. The summed E-state index contributed by atoms with van der Waals surface area (Å²) >= 11 is 0. The van der Waals surface area contributed by atoms with E-state index in [2.05, 4.69) is 15.6 Å². The fraction of sp³-hybridized carbons (Fsp3) is 0.500. The van der Waals surface area contributed by atoms with Gasteiger partial charge in [0, 0.05) is 25.7 Å². The molecule has 1 fully saturated rings. The van der Waals surface area contributed by atoms with E-state index in [4.69, 9.17) is 9.47 Å². The summed E-state index contributed by atoms with van der Waals surface area (Å²) in [5.74, 6) is 0.947. The number of rotatable bonds is 2. The SMILES string of the molecule is O=C1Nc2ncccc2OC1CC1CNCCO1. The number of nitrogens with zero attached hydrogens (tertiary/aromatic N) is 1. The quantitative estimate of drug-likeness (QED) is 0.781. The Morgan fingerprint density at radius 1 is 1.50 bits per heavy atom. The minimum atomic E-state index is -0.508. The van der Waals surface area contributed by atoms with Crippen LogP contribution in [0.5, 0.6) is 5.75 Å². The van der Waals surface area contributed by atoms with Crippen molar-refractivity contribution < 1.29 is 14.3 Å². The number of carbonyl (C=O) groups excluding carboxylic acids is 1. The van der Waals surface area contributed by atoms with Gasteiger partial charge in [-0.15, -0.1) is 0 Å². The van der Waals surface area contributed by atoms with E-state index in [0.717, 1.165) is 13.1 Å². The van der Waals surface area contributed by atoms with Gasteiger partial charge < -0.3 is 20.1 Å². The molecule has 1 aromatic rings. The molecule has 2 N–H and O–H groups in total. The maximum absolute atomic E-state index is 11.9. The summed E-state index contributed by atoms with van der Waals surface area (Å²) in [7, 11) is 0. The molecule has 2 aliphatic rings. The van der Waals surface area contributed by atoms with E-state index < -0.39 is 6.10 Å². The Labute approximate surface area is 105 Å². The van der Waals surface area contributed by atoms with Gasteiger partial charge in [0.15, 0.2) is 17.7 Å². The topological polar surface area (TPSA) is 72.5 Å². The lowest BCUT2D eigenvalue weighted by molar-refractivity contribution is -0.125. The van der Waals surface area contributed by atoms with Gasteiger partial charge >= 0.3 is 0 Å². The fourth-order valence-electron chi connectivity index (χ4n) is 2.15. The van der Waals surface area contributed by atoms with Gasteiger partial charge in [-0.2, -0.15) is 0 Å².